The van der Waals surface area contributed by atoms with Crippen LogP contribution in [0.3, 0.4) is 0 Å². The van der Waals surface area contributed by atoms with Crippen LogP contribution in [-0.2, 0) is 10.7 Å². The third-order valence-electron chi connectivity index (χ3n) is 2.29. The number of carbonyl (C=O) groups is 1. The first-order valence-electron chi connectivity index (χ1n) is 5.96. The van der Waals surface area contributed by atoms with E-state index in [-0.39, 0.29) is 11.4 Å². The summed E-state index contributed by atoms with van der Waals surface area (Å²) < 4.78 is 32.4. The van der Waals surface area contributed by atoms with Gasteiger partial charge in [-0.25, -0.2) is 4.79 Å². The van der Waals surface area contributed by atoms with E-state index in [1.165, 1.54) is 6.07 Å². The first-order valence-corrected chi connectivity index (χ1v) is 5.96. The molecule has 5 nitrogen and oxygen atoms in total. The quantitative estimate of drug-likeness (QED) is 0.747. The van der Waals surface area contributed by atoms with Crippen molar-refractivity contribution in [1.82, 2.24) is 0 Å². The van der Waals surface area contributed by atoms with E-state index in [2.05, 4.69) is 5.32 Å². The van der Waals surface area contributed by atoms with Crippen LogP contribution in [0.1, 0.15) is 26.3 Å². The maximum Gasteiger partial charge on any atom is 0.412 e. The largest absolute Gasteiger partial charge is 0.508 e. The van der Waals surface area contributed by atoms with Crippen molar-refractivity contribution in [2.24, 2.45) is 5.73 Å². The lowest BCUT2D eigenvalue weighted by Crippen LogP contribution is -2.30. The van der Waals surface area contributed by atoms with E-state index in [4.69, 9.17) is 10.5 Å². The summed E-state index contributed by atoms with van der Waals surface area (Å²) in [6.45, 7) is 4.01. The third-order valence-corrected chi connectivity index (χ3v) is 2.29. The first kappa shape index (κ1) is 16.2. The molecule has 4 N–H and O–H groups in total. The average Bonchev–Trinajstić information content (AvgIpc) is 2.29. The van der Waals surface area contributed by atoms with Gasteiger partial charge in [0, 0.05) is 5.56 Å². The lowest BCUT2D eigenvalue weighted by Gasteiger charge is -2.22. The van der Waals surface area contributed by atoms with Crippen LogP contribution in [0, 0.1) is 0 Å². The molecule has 0 heterocycles. The molecule has 0 aliphatic heterocycles. The second-order valence-corrected chi connectivity index (χ2v) is 5.27. The number of phenolic OH excluding ortho intramolecular Hbond substituents is 1. The highest BCUT2D eigenvalue weighted by atomic mass is 19.3. The molecular weight excluding hydrogens is 270 g/mol. The van der Waals surface area contributed by atoms with Gasteiger partial charge in [0.15, 0.2) is 0 Å². The minimum Gasteiger partial charge on any atom is -0.508 e. The molecule has 0 saturated carbocycles. The smallest absolute Gasteiger partial charge is 0.412 e. The number of alkyl halides is 2. The molecule has 0 bridgehead atoms. The molecule has 0 radical (unpaired) electrons. The fourth-order valence-electron chi connectivity index (χ4n) is 1.47. The average molecular weight is 288 g/mol. The van der Waals surface area contributed by atoms with Crippen molar-refractivity contribution in [1.29, 1.82) is 0 Å². The molecular formula is C13H18F2N2O3. The Hall–Kier alpha value is -1.89. The van der Waals surface area contributed by atoms with Crippen molar-refractivity contribution in [2.45, 2.75) is 32.3 Å². The van der Waals surface area contributed by atoms with Gasteiger partial charge in [-0.05, 0) is 39.0 Å². The minimum absolute atomic E-state index is 0.160. The van der Waals surface area contributed by atoms with Crippen molar-refractivity contribution in [3.05, 3.63) is 23.8 Å². The normalized spacial score (nSPS) is 12.1. The molecule has 0 spiro atoms. The first-order chi connectivity index (χ1) is 9.05. The Morgan fingerprint density at radius 1 is 1.40 bits per heavy atom. The predicted octanol–water partition coefficient (Wildman–Crippen LogP) is 2.79. The van der Waals surface area contributed by atoms with E-state index in [1.807, 2.05) is 0 Å². The number of halogens is 2. The highest BCUT2D eigenvalue weighted by Crippen LogP contribution is 2.35. The summed E-state index contributed by atoms with van der Waals surface area (Å²) >= 11 is 0. The lowest BCUT2D eigenvalue weighted by molar-refractivity contribution is 0.00645. The van der Waals surface area contributed by atoms with Gasteiger partial charge in [-0.2, -0.15) is 8.78 Å². The van der Waals surface area contributed by atoms with E-state index < -0.39 is 29.7 Å². The van der Waals surface area contributed by atoms with E-state index in [9.17, 15) is 18.7 Å². The topological polar surface area (TPSA) is 84.6 Å². The van der Waals surface area contributed by atoms with E-state index in [0.717, 1.165) is 12.1 Å². The molecule has 7 heteroatoms. The van der Waals surface area contributed by atoms with Gasteiger partial charge in [-0.15, -0.1) is 0 Å². The number of benzene rings is 1. The lowest BCUT2D eigenvalue weighted by atomic mass is 10.1. The Morgan fingerprint density at radius 2 is 2.00 bits per heavy atom. The van der Waals surface area contributed by atoms with Crippen LogP contribution in [0.5, 0.6) is 5.75 Å². The van der Waals surface area contributed by atoms with Gasteiger partial charge in [-0.3, -0.25) is 5.32 Å². The summed E-state index contributed by atoms with van der Waals surface area (Å²) in [4.78, 5) is 11.6. The van der Waals surface area contributed by atoms with Gasteiger partial charge in [0.25, 0.3) is 5.92 Å². The Balaban J connectivity index is 3.04. The number of nitrogens with two attached hydrogens (primary N) is 1. The van der Waals surface area contributed by atoms with Crippen LogP contribution < -0.4 is 11.1 Å². The number of amides is 1. The number of hydrogen-bond acceptors (Lipinski definition) is 4. The molecule has 20 heavy (non-hydrogen) atoms. The fraction of sp³-hybridized carbons (Fsp3) is 0.462. The zero-order valence-corrected chi connectivity index (χ0v) is 11.5. The van der Waals surface area contributed by atoms with Crippen molar-refractivity contribution in [2.75, 3.05) is 11.9 Å². The number of carbonyl (C=O) groups excluding carboxylic acids is 1. The van der Waals surface area contributed by atoms with Crippen LogP contribution >= 0.6 is 0 Å². The van der Waals surface area contributed by atoms with Gasteiger partial charge in [0.05, 0.1) is 12.2 Å². The van der Waals surface area contributed by atoms with E-state index in [0.29, 0.717) is 0 Å². The second kappa shape index (κ2) is 5.62. The maximum absolute atomic E-state index is 13.7. The fourth-order valence-corrected chi connectivity index (χ4v) is 1.47. The van der Waals surface area contributed by atoms with Gasteiger partial charge < -0.3 is 15.6 Å². The molecule has 0 fully saturated rings. The number of phenols is 1. The van der Waals surface area contributed by atoms with Gasteiger partial charge in [0.1, 0.15) is 11.4 Å². The highest BCUT2D eigenvalue weighted by Gasteiger charge is 2.33. The molecule has 0 aliphatic carbocycles. The van der Waals surface area contributed by atoms with Gasteiger partial charge >= 0.3 is 6.09 Å². The number of aromatic hydroxyl groups is 1. The summed E-state index contributed by atoms with van der Waals surface area (Å²) in [5.41, 5.74) is 3.54. The molecule has 0 atom stereocenters. The minimum atomic E-state index is -3.37. The van der Waals surface area contributed by atoms with E-state index in [1.54, 1.807) is 20.8 Å². The van der Waals surface area contributed by atoms with Crippen LogP contribution in [0.15, 0.2) is 18.2 Å². The van der Waals surface area contributed by atoms with Crippen molar-refractivity contribution >= 4 is 11.8 Å². The second-order valence-electron chi connectivity index (χ2n) is 5.27. The van der Waals surface area contributed by atoms with Crippen molar-refractivity contribution in [3.63, 3.8) is 0 Å². The zero-order valence-electron chi connectivity index (χ0n) is 11.5. The van der Waals surface area contributed by atoms with Gasteiger partial charge in [0.2, 0.25) is 0 Å². The Labute approximate surface area is 115 Å². The van der Waals surface area contributed by atoms with Crippen LogP contribution in [0.2, 0.25) is 0 Å². The Morgan fingerprint density at radius 3 is 2.50 bits per heavy atom. The summed E-state index contributed by atoms with van der Waals surface area (Å²) in [6, 6.07) is 3.21. The molecule has 1 amide bonds. The zero-order chi connectivity index (χ0) is 15.6. The number of hydrogen-bond donors (Lipinski definition) is 3. The molecule has 0 aliphatic rings. The highest BCUT2D eigenvalue weighted by molar-refractivity contribution is 5.86. The van der Waals surface area contributed by atoms with Gasteiger partial charge in [-0.1, -0.05) is 0 Å². The summed E-state index contributed by atoms with van der Waals surface area (Å²) in [5.74, 6) is -3.72. The standard InChI is InChI=1S/C13H18F2N2O3/c1-12(2,3)20-11(19)17-10-5-4-8(18)6-9(10)13(14,15)7-16/h4-6,18H,7,16H2,1-3H3,(H,17,19). The number of nitrogens with one attached hydrogen (secondary N) is 1. The Bertz CT molecular complexity index is 499. The summed E-state index contributed by atoms with van der Waals surface area (Å²) in [6.07, 6.45) is -0.864. The van der Waals surface area contributed by atoms with Crippen molar-refractivity contribution in [3.8, 4) is 5.75 Å². The molecule has 0 saturated heterocycles. The van der Waals surface area contributed by atoms with Crippen LogP contribution in [0.25, 0.3) is 0 Å². The number of ether oxygens (including phenoxy) is 1. The predicted molar refractivity (Wildman–Crippen MR) is 70.9 cm³/mol. The van der Waals surface area contributed by atoms with E-state index >= 15 is 0 Å². The molecule has 0 aromatic heterocycles. The number of anilines is 1. The molecule has 1 aromatic rings. The maximum atomic E-state index is 13.7. The van der Waals surface area contributed by atoms with Crippen molar-refractivity contribution < 1.29 is 23.4 Å². The summed E-state index contributed by atoms with van der Waals surface area (Å²) in [5, 5.41) is 11.5. The molecule has 1 rings (SSSR count). The SMILES string of the molecule is CC(C)(C)OC(=O)Nc1ccc(O)cc1C(F)(F)CN. The molecule has 1 aromatic carbocycles. The van der Waals surface area contributed by atoms with Crippen LogP contribution in [-0.4, -0.2) is 23.3 Å². The Kier molecular flexibility index (Phi) is 4.54. The molecule has 0 unspecified atom stereocenters. The van der Waals surface area contributed by atoms with Crippen LogP contribution in [0.4, 0.5) is 19.3 Å². The number of rotatable bonds is 3. The third kappa shape index (κ3) is 4.34. The molecule has 112 valence electrons. The summed E-state index contributed by atoms with van der Waals surface area (Å²) in [7, 11) is 0. The monoisotopic (exact) mass is 288 g/mol.